The van der Waals surface area contributed by atoms with Gasteiger partial charge in [0, 0.05) is 17.7 Å². The Morgan fingerprint density at radius 1 is 1.24 bits per heavy atom. The molecule has 1 N–H and O–H groups in total. The number of hydrogen-bond acceptors (Lipinski definition) is 2. The standard InChI is InChI=1S/C14H15NO2/c1-2-4-14(16)15-12-8-6-11(7-9-12)13-5-3-10-17-13/h3,5-10H,2,4H2,1H3,(H,15,16). The topological polar surface area (TPSA) is 42.2 Å². The van der Waals surface area contributed by atoms with E-state index in [1.807, 2.05) is 43.3 Å². The minimum Gasteiger partial charge on any atom is -0.464 e. The number of rotatable bonds is 4. The van der Waals surface area contributed by atoms with Crippen molar-refractivity contribution in [2.24, 2.45) is 0 Å². The van der Waals surface area contributed by atoms with Gasteiger partial charge in [0.25, 0.3) is 0 Å². The summed E-state index contributed by atoms with van der Waals surface area (Å²) in [7, 11) is 0. The summed E-state index contributed by atoms with van der Waals surface area (Å²) < 4.78 is 5.29. The van der Waals surface area contributed by atoms with Gasteiger partial charge in [-0.3, -0.25) is 4.79 Å². The van der Waals surface area contributed by atoms with Crippen molar-refractivity contribution in [2.75, 3.05) is 5.32 Å². The van der Waals surface area contributed by atoms with Crippen LogP contribution in [0.3, 0.4) is 0 Å². The largest absolute Gasteiger partial charge is 0.464 e. The molecule has 1 heterocycles. The molecular formula is C14H15NO2. The van der Waals surface area contributed by atoms with Gasteiger partial charge in [0.1, 0.15) is 5.76 Å². The molecule has 0 fully saturated rings. The lowest BCUT2D eigenvalue weighted by Gasteiger charge is -2.04. The van der Waals surface area contributed by atoms with E-state index in [1.54, 1.807) is 6.26 Å². The van der Waals surface area contributed by atoms with Crippen molar-refractivity contribution in [3.63, 3.8) is 0 Å². The van der Waals surface area contributed by atoms with E-state index in [4.69, 9.17) is 4.42 Å². The summed E-state index contributed by atoms with van der Waals surface area (Å²) in [4.78, 5) is 11.4. The maximum Gasteiger partial charge on any atom is 0.224 e. The minimum atomic E-state index is 0.0539. The third-order valence-electron chi connectivity index (χ3n) is 2.45. The summed E-state index contributed by atoms with van der Waals surface area (Å²) in [6.07, 6.45) is 3.06. The van der Waals surface area contributed by atoms with Gasteiger partial charge in [-0.1, -0.05) is 6.92 Å². The van der Waals surface area contributed by atoms with Crippen LogP contribution >= 0.6 is 0 Å². The molecule has 0 spiro atoms. The molecule has 2 rings (SSSR count). The van der Waals surface area contributed by atoms with Gasteiger partial charge in [-0.05, 0) is 42.8 Å². The fraction of sp³-hybridized carbons (Fsp3) is 0.214. The Morgan fingerprint density at radius 3 is 2.59 bits per heavy atom. The van der Waals surface area contributed by atoms with E-state index < -0.39 is 0 Å². The number of benzene rings is 1. The molecular weight excluding hydrogens is 214 g/mol. The Hall–Kier alpha value is -2.03. The van der Waals surface area contributed by atoms with E-state index in [-0.39, 0.29) is 5.91 Å². The van der Waals surface area contributed by atoms with Crippen molar-refractivity contribution in [1.82, 2.24) is 0 Å². The van der Waals surface area contributed by atoms with Crippen molar-refractivity contribution < 1.29 is 9.21 Å². The van der Waals surface area contributed by atoms with Gasteiger partial charge in [0.2, 0.25) is 5.91 Å². The second-order valence-corrected chi connectivity index (χ2v) is 3.85. The zero-order valence-corrected chi connectivity index (χ0v) is 9.77. The van der Waals surface area contributed by atoms with Crippen LogP contribution in [0.5, 0.6) is 0 Å². The Morgan fingerprint density at radius 2 is 2.00 bits per heavy atom. The van der Waals surface area contributed by atoms with Crippen molar-refractivity contribution in [3.05, 3.63) is 42.7 Å². The van der Waals surface area contributed by atoms with Crippen molar-refractivity contribution in [3.8, 4) is 11.3 Å². The lowest BCUT2D eigenvalue weighted by atomic mass is 10.1. The fourth-order valence-electron chi connectivity index (χ4n) is 1.61. The van der Waals surface area contributed by atoms with Crippen LogP contribution < -0.4 is 5.32 Å². The van der Waals surface area contributed by atoms with Gasteiger partial charge < -0.3 is 9.73 Å². The van der Waals surface area contributed by atoms with Crippen LogP contribution in [0.4, 0.5) is 5.69 Å². The van der Waals surface area contributed by atoms with Crippen LogP contribution in [0.1, 0.15) is 19.8 Å². The highest BCUT2D eigenvalue weighted by atomic mass is 16.3. The fourth-order valence-corrected chi connectivity index (χ4v) is 1.61. The average molecular weight is 229 g/mol. The SMILES string of the molecule is CCCC(=O)Nc1ccc(-c2ccco2)cc1. The predicted octanol–water partition coefficient (Wildman–Crippen LogP) is 3.69. The van der Waals surface area contributed by atoms with Crippen LogP contribution in [0.25, 0.3) is 11.3 Å². The van der Waals surface area contributed by atoms with E-state index in [0.717, 1.165) is 23.4 Å². The highest BCUT2D eigenvalue weighted by Crippen LogP contribution is 2.21. The number of carbonyl (C=O) groups excluding carboxylic acids is 1. The molecule has 88 valence electrons. The molecule has 0 atom stereocenters. The highest BCUT2D eigenvalue weighted by molar-refractivity contribution is 5.90. The predicted molar refractivity (Wildman–Crippen MR) is 67.7 cm³/mol. The third-order valence-corrected chi connectivity index (χ3v) is 2.45. The second-order valence-electron chi connectivity index (χ2n) is 3.85. The van der Waals surface area contributed by atoms with Crippen molar-refractivity contribution in [1.29, 1.82) is 0 Å². The summed E-state index contributed by atoms with van der Waals surface area (Å²) in [5, 5.41) is 2.85. The van der Waals surface area contributed by atoms with E-state index >= 15 is 0 Å². The first kappa shape index (κ1) is 11.5. The summed E-state index contributed by atoms with van der Waals surface area (Å²) in [6, 6.07) is 11.4. The number of carbonyl (C=O) groups is 1. The minimum absolute atomic E-state index is 0.0539. The Labute approximate surface area is 100 Å². The molecule has 3 heteroatoms. The molecule has 0 aliphatic rings. The summed E-state index contributed by atoms with van der Waals surface area (Å²) in [6.45, 7) is 1.99. The number of amides is 1. The molecule has 1 amide bonds. The Kier molecular flexibility index (Phi) is 3.60. The summed E-state index contributed by atoms with van der Waals surface area (Å²) in [5.74, 6) is 0.884. The smallest absolute Gasteiger partial charge is 0.224 e. The van der Waals surface area contributed by atoms with E-state index in [9.17, 15) is 4.79 Å². The summed E-state index contributed by atoms with van der Waals surface area (Å²) >= 11 is 0. The normalized spacial score (nSPS) is 10.2. The van der Waals surface area contributed by atoms with Gasteiger partial charge in [-0.2, -0.15) is 0 Å². The maximum absolute atomic E-state index is 11.4. The lowest BCUT2D eigenvalue weighted by molar-refractivity contribution is -0.116. The molecule has 0 saturated carbocycles. The van der Waals surface area contributed by atoms with E-state index in [2.05, 4.69) is 5.32 Å². The second kappa shape index (κ2) is 5.34. The molecule has 1 aromatic heterocycles. The number of furan rings is 1. The molecule has 0 unspecified atom stereocenters. The van der Waals surface area contributed by atoms with Crippen LogP contribution in [-0.4, -0.2) is 5.91 Å². The lowest BCUT2D eigenvalue weighted by Crippen LogP contribution is -2.10. The van der Waals surface area contributed by atoms with Crippen LogP contribution in [-0.2, 0) is 4.79 Å². The van der Waals surface area contributed by atoms with Crippen molar-refractivity contribution in [2.45, 2.75) is 19.8 Å². The molecule has 17 heavy (non-hydrogen) atoms. The molecule has 0 aliphatic carbocycles. The van der Waals surface area contributed by atoms with Gasteiger partial charge in [0.05, 0.1) is 6.26 Å². The Balaban J connectivity index is 2.06. The molecule has 0 radical (unpaired) electrons. The van der Waals surface area contributed by atoms with Crippen LogP contribution in [0.2, 0.25) is 0 Å². The number of hydrogen-bond donors (Lipinski definition) is 1. The number of nitrogens with one attached hydrogen (secondary N) is 1. The van der Waals surface area contributed by atoms with E-state index in [1.165, 1.54) is 0 Å². The quantitative estimate of drug-likeness (QED) is 0.868. The first-order valence-electron chi connectivity index (χ1n) is 5.73. The third kappa shape index (κ3) is 2.97. The first-order valence-corrected chi connectivity index (χ1v) is 5.73. The monoisotopic (exact) mass is 229 g/mol. The van der Waals surface area contributed by atoms with E-state index in [0.29, 0.717) is 6.42 Å². The number of anilines is 1. The van der Waals surface area contributed by atoms with Crippen LogP contribution in [0, 0.1) is 0 Å². The molecule has 3 nitrogen and oxygen atoms in total. The van der Waals surface area contributed by atoms with Gasteiger partial charge in [0.15, 0.2) is 0 Å². The zero-order chi connectivity index (χ0) is 12.1. The molecule has 1 aromatic carbocycles. The molecule has 2 aromatic rings. The van der Waals surface area contributed by atoms with Crippen LogP contribution in [0.15, 0.2) is 47.1 Å². The average Bonchev–Trinajstić information content (AvgIpc) is 2.84. The molecule has 0 saturated heterocycles. The van der Waals surface area contributed by atoms with Gasteiger partial charge in [-0.25, -0.2) is 0 Å². The molecule has 0 bridgehead atoms. The Bertz CT molecular complexity index is 471. The van der Waals surface area contributed by atoms with Crippen molar-refractivity contribution >= 4 is 11.6 Å². The van der Waals surface area contributed by atoms with Gasteiger partial charge >= 0.3 is 0 Å². The van der Waals surface area contributed by atoms with Gasteiger partial charge in [-0.15, -0.1) is 0 Å². The first-order chi connectivity index (χ1) is 8.29. The summed E-state index contributed by atoms with van der Waals surface area (Å²) in [5.41, 5.74) is 1.82. The highest BCUT2D eigenvalue weighted by Gasteiger charge is 2.02. The maximum atomic E-state index is 11.4. The molecule has 0 aliphatic heterocycles. The zero-order valence-electron chi connectivity index (χ0n) is 9.77.